The van der Waals surface area contributed by atoms with E-state index in [2.05, 4.69) is 11.3 Å². The summed E-state index contributed by atoms with van der Waals surface area (Å²) in [6.07, 6.45) is -2.68. The fourth-order valence-electron chi connectivity index (χ4n) is 0.921. The molecular formula is C10H8F3IO. The van der Waals surface area contributed by atoms with E-state index in [9.17, 15) is 13.2 Å². The van der Waals surface area contributed by atoms with E-state index in [1.54, 1.807) is 18.2 Å². The molecule has 0 aromatic heterocycles. The molecule has 0 amide bonds. The summed E-state index contributed by atoms with van der Waals surface area (Å²) in [6.45, 7) is 2.30. The van der Waals surface area contributed by atoms with Gasteiger partial charge in [0.2, 0.25) is 0 Å². The normalized spacial score (nSPS) is 11.2. The first kappa shape index (κ1) is 12.4. The van der Waals surface area contributed by atoms with Crippen LogP contribution in [0.25, 0.3) is 6.08 Å². The van der Waals surface area contributed by atoms with E-state index in [0.717, 1.165) is 5.56 Å². The predicted octanol–water partition coefficient (Wildman–Crippen LogP) is 3.88. The van der Waals surface area contributed by atoms with Crippen LogP contribution >= 0.6 is 22.6 Å². The van der Waals surface area contributed by atoms with Gasteiger partial charge in [-0.25, -0.2) is 0 Å². The molecule has 0 spiro atoms. The van der Waals surface area contributed by atoms with Crippen molar-refractivity contribution in [2.75, 3.05) is 6.61 Å². The van der Waals surface area contributed by atoms with Gasteiger partial charge in [0.1, 0.15) is 5.75 Å². The largest absolute Gasteiger partial charge is 0.483 e. The molecule has 1 aromatic carbocycles. The molecule has 0 saturated carbocycles. The van der Waals surface area contributed by atoms with Gasteiger partial charge in [-0.1, -0.05) is 18.7 Å². The Bertz CT molecular complexity index is 360. The van der Waals surface area contributed by atoms with Crippen molar-refractivity contribution in [1.82, 2.24) is 0 Å². The van der Waals surface area contributed by atoms with Crippen LogP contribution in [-0.4, -0.2) is 12.8 Å². The molecule has 1 nitrogen and oxygen atoms in total. The first-order valence-electron chi connectivity index (χ1n) is 4.04. The molecule has 15 heavy (non-hydrogen) atoms. The van der Waals surface area contributed by atoms with E-state index in [1.807, 2.05) is 22.6 Å². The van der Waals surface area contributed by atoms with Crippen molar-refractivity contribution in [3.63, 3.8) is 0 Å². The second kappa shape index (κ2) is 4.87. The summed E-state index contributed by atoms with van der Waals surface area (Å²) in [5, 5.41) is 0. The van der Waals surface area contributed by atoms with Gasteiger partial charge in [-0.05, 0) is 40.3 Å². The van der Waals surface area contributed by atoms with Crippen molar-refractivity contribution >= 4 is 28.7 Å². The SMILES string of the molecule is C=Cc1ccc(OCC(F)(F)F)c(I)c1. The number of rotatable bonds is 3. The summed E-state index contributed by atoms with van der Waals surface area (Å²) in [4.78, 5) is 0. The highest BCUT2D eigenvalue weighted by molar-refractivity contribution is 14.1. The van der Waals surface area contributed by atoms with E-state index in [4.69, 9.17) is 0 Å². The first-order chi connectivity index (χ1) is 6.92. The van der Waals surface area contributed by atoms with E-state index in [-0.39, 0.29) is 5.75 Å². The summed E-state index contributed by atoms with van der Waals surface area (Å²) < 4.78 is 40.9. The van der Waals surface area contributed by atoms with Crippen LogP contribution in [0.1, 0.15) is 5.56 Å². The lowest BCUT2D eigenvalue weighted by Crippen LogP contribution is -2.19. The maximum absolute atomic E-state index is 11.9. The highest BCUT2D eigenvalue weighted by atomic mass is 127. The second-order valence-corrected chi connectivity index (χ2v) is 3.96. The molecule has 0 atom stereocenters. The second-order valence-electron chi connectivity index (χ2n) is 2.80. The van der Waals surface area contributed by atoms with Crippen molar-refractivity contribution in [1.29, 1.82) is 0 Å². The molecule has 0 fully saturated rings. The lowest BCUT2D eigenvalue weighted by atomic mass is 10.2. The number of ether oxygens (including phenoxy) is 1. The smallest absolute Gasteiger partial charge is 0.422 e. The molecule has 0 heterocycles. The molecule has 0 aliphatic carbocycles. The summed E-state index contributed by atoms with van der Waals surface area (Å²) in [7, 11) is 0. The Balaban J connectivity index is 2.74. The molecule has 0 saturated heterocycles. The third-order valence-corrected chi connectivity index (χ3v) is 2.43. The van der Waals surface area contributed by atoms with Gasteiger partial charge in [-0.15, -0.1) is 0 Å². The van der Waals surface area contributed by atoms with Gasteiger partial charge in [-0.2, -0.15) is 13.2 Å². The van der Waals surface area contributed by atoms with Gasteiger partial charge in [0.25, 0.3) is 0 Å². The minimum absolute atomic E-state index is 0.235. The zero-order valence-electron chi connectivity index (χ0n) is 7.64. The summed E-state index contributed by atoms with van der Waals surface area (Å²) >= 11 is 1.92. The highest BCUT2D eigenvalue weighted by Gasteiger charge is 2.28. The number of hydrogen-bond donors (Lipinski definition) is 0. The minimum atomic E-state index is -4.31. The number of benzene rings is 1. The first-order valence-corrected chi connectivity index (χ1v) is 5.12. The van der Waals surface area contributed by atoms with Crippen LogP contribution < -0.4 is 4.74 Å². The summed E-state index contributed by atoms with van der Waals surface area (Å²) in [6, 6.07) is 4.87. The maximum Gasteiger partial charge on any atom is 0.422 e. The average Bonchev–Trinajstić information content (AvgIpc) is 2.14. The van der Waals surface area contributed by atoms with Gasteiger partial charge in [-0.3, -0.25) is 0 Å². The van der Waals surface area contributed by atoms with E-state index in [0.29, 0.717) is 3.57 Å². The third-order valence-electron chi connectivity index (χ3n) is 1.58. The molecule has 0 aliphatic heterocycles. The predicted molar refractivity (Wildman–Crippen MR) is 60.8 cm³/mol. The molecule has 0 N–H and O–H groups in total. The Morgan fingerprint density at radius 1 is 1.40 bits per heavy atom. The number of alkyl halides is 3. The molecule has 5 heteroatoms. The average molecular weight is 328 g/mol. The molecule has 0 unspecified atom stereocenters. The fourth-order valence-corrected chi connectivity index (χ4v) is 1.62. The van der Waals surface area contributed by atoms with E-state index in [1.165, 1.54) is 6.07 Å². The molecule has 0 radical (unpaired) electrons. The van der Waals surface area contributed by atoms with Gasteiger partial charge in [0.15, 0.2) is 6.61 Å². The van der Waals surface area contributed by atoms with Crippen LogP contribution in [0.5, 0.6) is 5.75 Å². The zero-order chi connectivity index (χ0) is 11.5. The van der Waals surface area contributed by atoms with Crippen molar-refractivity contribution < 1.29 is 17.9 Å². The Hall–Kier alpha value is -0.720. The standard InChI is InChI=1S/C10H8F3IO/c1-2-7-3-4-9(8(14)5-7)15-6-10(11,12)13/h2-5H,1,6H2. The van der Waals surface area contributed by atoms with Crippen LogP contribution in [0.4, 0.5) is 13.2 Å². The highest BCUT2D eigenvalue weighted by Crippen LogP contribution is 2.25. The molecule has 1 rings (SSSR count). The van der Waals surface area contributed by atoms with Crippen LogP contribution in [0.15, 0.2) is 24.8 Å². The molecule has 1 aromatic rings. The van der Waals surface area contributed by atoms with Crippen molar-refractivity contribution in [3.8, 4) is 5.75 Å². The topological polar surface area (TPSA) is 9.23 Å². The lowest BCUT2D eigenvalue weighted by molar-refractivity contribution is -0.153. The van der Waals surface area contributed by atoms with E-state index < -0.39 is 12.8 Å². The van der Waals surface area contributed by atoms with Gasteiger partial charge < -0.3 is 4.74 Å². The van der Waals surface area contributed by atoms with Crippen LogP contribution in [-0.2, 0) is 0 Å². The third kappa shape index (κ3) is 4.11. The van der Waals surface area contributed by atoms with Crippen molar-refractivity contribution in [3.05, 3.63) is 33.9 Å². The quantitative estimate of drug-likeness (QED) is 0.766. The van der Waals surface area contributed by atoms with Gasteiger partial charge >= 0.3 is 6.18 Å². The molecule has 0 bridgehead atoms. The molecule has 82 valence electrons. The fraction of sp³-hybridized carbons (Fsp3) is 0.200. The Labute approximate surface area is 99.1 Å². The zero-order valence-corrected chi connectivity index (χ0v) is 9.80. The maximum atomic E-state index is 11.9. The minimum Gasteiger partial charge on any atom is -0.483 e. The van der Waals surface area contributed by atoms with Crippen molar-refractivity contribution in [2.24, 2.45) is 0 Å². The van der Waals surface area contributed by atoms with Crippen molar-refractivity contribution in [2.45, 2.75) is 6.18 Å². The van der Waals surface area contributed by atoms with Gasteiger partial charge in [0, 0.05) is 0 Å². The molecule has 0 aliphatic rings. The number of hydrogen-bond acceptors (Lipinski definition) is 1. The van der Waals surface area contributed by atoms with E-state index >= 15 is 0 Å². The monoisotopic (exact) mass is 328 g/mol. The Morgan fingerprint density at radius 3 is 2.53 bits per heavy atom. The van der Waals surface area contributed by atoms with Gasteiger partial charge in [0.05, 0.1) is 3.57 Å². The van der Waals surface area contributed by atoms with Crippen LogP contribution in [0.3, 0.4) is 0 Å². The molecular weight excluding hydrogens is 320 g/mol. The van der Waals surface area contributed by atoms with Crippen LogP contribution in [0, 0.1) is 3.57 Å². The Morgan fingerprint density at radius 2 is 2.07 bits per heavy atom. The van der Waals surface area contributed by atoms with Crippen LogP contribution in [0.2, 0.25) is 0 Å². The summed E-state index contributed by atoms with van der Waals surface area (Å²) in [5.41, 5.74) is 0.846. The Kier molecular flexibility index (Phi) is 4.01. The summed E-state index contributed by atoms with van der Waals surface area (Å²) in [5.74, 6) is 0.235. The number of halogens is 4. The lowest BCUT2D eigenvalue weighted by Gasteiger charge is -2.10.